The second kappa shape index (κ2) is 17.6. The van der Waals surface area contributed by atoms with E-state index in [1.807, 2.05) is 41.8 Å². The number of rotatable bonds is 11. The number of hydrogen-bond donors (Lipinski definition) is 2. The Morgan fingerprint density at radius 3 is 2.43 bits per heavy atom. The number of amides is 3. The summed E-state index contributed by atoms with van der Waals surface area (Å²) < 4.78 is 19.1. The fourth-order valence-electron chi connectivity index (χ4n) is 10.9. The molecule has 6 aromatic rings. The number of hydrogen-bond acceptors (Lipinski definition) is 12. The van der Waals surface area contributed by atoms with Gasteiger partial charge in [0.25, 0.3) is 0 Å². The van der Waals surface area contributed by atoms with E-state index in [9.17, 15) is 19.6 Å². The summed E-state index contributed by atoms with van der Waals surface area (Å²) in [6.45, 7) is 7.79. The molecule has 1 spiro atoms. The monoisotopic (exact) mass is 901 g/mol. The summed E-state index contributed by atoms with van der Waals surface area (Å²) in [6.07, 6.45) is 15.4. The third kappa shape index (κ3) is 8.62. The molecule has 4 saturated heterocycles. The number of carbonyl (C=O) groups is 3. The number of nitrogens with one attached hydrogen (secondary N) is 2. The average Bonchev–Trinajstić information content (AvgIpc) is 3.98. The van der Waals surface area contributed by atoms with Crippen LogP contribution >= 0.6 is 0 Å². The van der Waals surface area contributed by atoms with Crippen molar-refractivity contribution in [1.29, 1.82) is 5.26 Å². The van der Waals surface area contributed by atoms with Gasteiger partial charge in [0.05, 0.1) is 41.8 Å². The minimum atomic E-state index is -0.566. The number of likely N-dealkylation sites (tertiary alicyclic amines) is 2. The Morgan fingerprint density at radius 1 is 0.866 bits per heavy atom. The molecule has 1 aliphatic carbocycles. The molecule has 4 aliphatic heterocycles. The highest BCUT2D eigenvalue weighted by Gasteiger charge is 2.54. The standard InChI is InChI=1S/C50H52FN13O3/c51-43-20-38(57-44-7-9-46(65)58-49(44)67)5-6-41(43)33-10-13-59(14-11-33)30-47(66)62-31-50(32-62)21-40(22-50)63-28-37(26-55-63)35-19-42(48-36(23-52)25-56-64(48)27-35)34-4-8-45(54-24-34)61-17-15-60(16-18-61)29-39-3-1-2-12-53-39/h1-6,8,12,19-20,24-28,33,40,44,57H,7,9-11,13-18,21-22,29-32H2,(H,58,65,67). The van der Waals surface area contributed by atoms with Gasteiger partial charge >= 0.3 is 0 Å². The van der Waals surface area contributed by atoms with Crippen molar-refractivity contribution in [3.8, 4) is 28.3 Å². The van der Waals surface area contributed by atoms with Crippen molar-refractivity contribution in [2.75, 3.05) is 69.1 Å². The maximum Gasteiger partial charge on any atom is 0.249 e. The lowest BCUT2D eigenvalue weighted by atomic mass is 9.60. The van der Waals surface area contributed by atoms with Crippen LogP contribution in [-0.4, -0.2) is 127 Å². The van der Waals surface area contributed by atoms with E-state index in [1.165, 1.54) is 6.07 Å². The lowest BCUT2D eigenvalue weighted by Gasteiger charge is -2.59. The molecule has 0 bridgehead atoms. The van der Waals surface area contributed by atoms with Gasteiger partial charge in [0.15, 0.2) is 0 Å². The highest BCUT2D eigenvalue weighted by atomic mass is 19.1. The van der Waals surface area contributed by atoms with Gasteiger partial charge in [-0.2, -0.15) is 15.5 Å². The van der Waals surface area contributed by atoms with Gasteiger partial charge in [-0.1, -0.05) is 12.1 Å². The highest BCUT2D eigenvalue weighted by molar-refractivity contribution is 6.01. The number of piperidine rings is 2. The predicted octanol–water partition coefficient (Wildman–Crippen LogP) is 5.25. The molecule has 5 aromatic heterocycles. The van der Waals surface area contributed by atoms with Crippen LogP contribution in [0.2, 0.25) is 0 Å². The van der Waals surface area contributed by atoms with Crippen LogP contribution in [0.3, 0.4) is 0 Å². The number of fused-ring (bicyclic) bond motifs is 1. The summed E-state index contributed by atoms with van der Waals surface area (Å²) in [7, 11) is 0. The van der Waals surface area contributed by atoms with E-state index in [-0.39, 0.29) is 47.3 Å². The topological polar surface area (TPSA) is 173 Å². The number of aromatic nitrogens is 6. The Morgan fingerprint density at radius 2 is 1.70 bits per heavy atom. The van der Waals surface area contributed by atoms with Crippen molar-refractivity contribution < 1.29 is 18.8 Å². The number of nitriles is 1. The average molecular weight is 902 g/mol. The van der Waals surface area contributed by atoms with Crippen molar-refractivity contribution >= 4 is 34.7 Å². The summed E-state index contributed by atoms with van der Waals surface area (Å²) in [5, 5.41) is 24.7. The molecule has 5 fully saturated rings. The van der Waals surface area contributed by atoms with Crippen LogP contribution in [0, 0.1) is 22.6 Å². The fraction of sp³-hybridized carbons (Fsp3) is 0.400. The van der Waals surface area contributed by atoms with Crippen LogP contribution < -0.4 is 15.5 Å². The Bertz CT molecular complexity index is 2860. The zero-order valence-corrected chi connectivity index (χ0v) is 37.2. The first-order valence-corrected chi connectivity index (χ1v) is 23.4. The van der Waals surface area contributed by atoms with Gasteiger partial charge in [0, 0.05) is 110 Å². The SMILES string of the molecule is N#Cc1cnn2cc(-c3cnn(C4CC5(C4)CN(C(=O)CN4CCC(c6ccc(NC7CCC(=O)NC7=O)cc6F)CC4)C5)c3)cc(-c3ccc(N4CCN(Cc5ccccn5)CC4)nc3)c12. The van der Waals surface area contributed by atoms with Crippen LogP contribution in [0.1, 0.15) is 67.3 Å². The van der Waals surface area contributed by atoms with Gasteiger partial charge in [-0.15, -0.1) is 0 Å². The lowest BCUT2D eigenvalue weighted by Crippen LogP contribution is -2.65. The Hall–Kier alpha value is -7.03. The molecule has 17 heteroatoms. The normalized spacial score (nSPS) is 20.4. The Labute approximate surface area is 387 Å². The number of imide groups is 1. The number of benzene rings is 1. The summed E-state index contributed by atoms with van der Waals surface area (Å²) in [5.41, 5.74) is 7.31. The lowest BCUT2D eigenvalue weighted by molar-refractivity contribution is -0.155. The first kappa shape index (κ1) is 42.6. The van der Waals surface area contributed by atoms with Gasteiger partial charge in [0.2, 0.25) is 17.7 Å². The van der Waals surface area contributed by atoms with Crippen LogP contribution in [0.4, 0.5) is 15.9 Å². The van der Waals surface area contributed by atoms with E-state index in [1.54, 1.807) is 22.8 Å². The Kier molecular flexibility index (Phi) is 11.2. The highest BCUT2D eigenvalue weighted by Crippen LogP contribution is 2.54. The quantitative estimate of drug-likeness (QED) is 0.162. The van der Waals surface area contributed by atoms with Gasteiger partial charge in [-0.05, 0) is 99.1 Å². The summed E-state index contributed by atoms with van der Waals surface area (Å²) in [4.78, 5) is 55.3. The number of anilines is 2. The molecule has 2 N–H and O–H groups in total. The van der Waals surface area contributed by atoms with Gasteiger partial charge in [-0.25, -0.2) is 13.9 Å². The smallest absolute Gasteiger partial charge is 0.249 e. The third-order valence-electron chi connectivity index (χ3n) is 14.6. The summed E-state index contributed by atoms with van der Waals surface area (Å²) in [6, 6.07) is 19.3. The van der Waals surface area contributed by atoms with Gasteiger partial charge < -0.3 is 15.1 Å². The van der Waals surface area contributed by atoms with Crippen LogP contribution in [-0.2, 0) is 20.9 Å². The zero-order valence-electron chi connectivity index (χ0n) is 37.2. The third-order valence-corrected chi connectivity index (χ3v) is 14.6. The number of nitrogens with zero attached hydrogens (tertiary/aromatic N) is 11. The molecule has 1 saturated carbocycles. The minimum absolute atomic E-state index is 0.0569. The molecule has 1 aromatic carbocycles. The van der Waals surface area contributed by atoms with Crippen LogP contribution in [0.5, 0.6) is 0 Å². The molecule has 1 atom stereocenters. The van der Waals surface area contributed by atoms with Crippen molar-refractivity contribution in [2.24, 2.45) is 5.41 Å². The van der Waals surface area contributed by atoms with E-state index < -0.39 is 6.04 Å². The molecule has 5 aliphatic rings. The number of carbonyl (C=O) groups excluding carboxylic acids is 3. The van der Waals surface area contributed by atoms with E-state index in [2.05, 4.69) is 76.6 Å². The number of piperazine rings is 1. The van der Waals surface area contributed by atoms with E-state index in [0.29, 0.717) is 29.8 Å². The molecule has 1 unspecified atom stereocenters. The Balaban J connectivity index is 0.668. The number of pyridine rings is 3. The molecular formula is C50H52FN13O3. The van der Waals surface area contributed by atoms with Crippen molar-refractivity contribution in [3.63, 3.8) is 0 Å². The second-order valence-electron chi connectivity index (χ2n) is 19.1. The number of halogens is 1. The zero-order chi connectivity index (χ0) is 45.6. The molecule has 16 nitrogen and oxygen atoms in total. The second-order valence-corrected chi connectivity index (χ2v) is 19.1. The molecular weight excluding hydrogens is 850 g/mol. The minimum Gasteiger partial charge on any atom is -0.374 e. The van der Waals surface area contributed by atoms with Gasteiger partial charge in [-0.3, -0.25) is 39.2 Å². The molecule has 0 radical (unpaired) electrons. The fourth-order valence-corrected chi connectivity index (χ4v) is 10.9. The predicted molar refractivity (Wildman–Crippen MR) is 248 cm³/mol. The van der Waals surface area contributed by atoms with Gasteiger partial charge in [0.1, 0.15) is 23.7 Å². The molecule has 342 valence electrons. The largest absolute Gasteiger partial charge is 0.374 e. The van der Waals surface area contributed by atoms with E-state index in [4.69, 9.17) is 10.1 Å². The van der Waals surface area contributed by atoms with E-state index >= 15 is 4.39 Å². The van der Waals surface area contributed by atoms with Crippen LogP contribution in [0.15, 0.2) is 91.8 Å². The van der Waals surface area contributed by atoms with E-state index in [0.717, 1.165) is 124 Å². The summed E-state index contributed by atoms with van der Waals surface area (Å²) >= 11 is 0. The maximum atomic E-state index is 15.3. The molecule has 3 amide bonds. The van der Waals surface area contributed by atoms with Crippen molar-refractivity contribution in [1.82, 2.24) is 49.4 Å². The van der Waals surface area contributed by atoms with Crippen LogP contribution in [0.25, 0.3) is 27.8 Å². The first-order chi connectivity index (χ1) is 32.7. The summed E-state index contributed by atoms with van der Waals surface area (Å²) in [5.74, 6) is 0.150. The maximum absolute atomic E-state index is 15.3. The molecule has 67 heavy (non-hydrogen) atoms. The molecule has 9 heterocycles. The van der Waals surface area contributed by atoms with Crippen molar-refractivity contribution in [2.45, 2.75) is 63.1 Å². The van der Waals surface area contributed by atoms with Crippen molar-refractivity contribution in [3.05, 3.63) is 114 Å². The first-order valence-electron chi connectivity index (χ1n) is 23.4. The molecule has 11 rings (SSSR count).